The van der Waals surface area contributed by atoms with E-state index in [1.165, 1.54) is 47.0 Å². The predicted molar refractivity (Wildman–Crippen MR) is 364 cm³/mol. The summed E-state index contributed by atoms with van der Waals surface area (Å²) in [6, 6.07) is 34.6. The van der Waals surface area contributed by atoms with Gasteiger partial charge in [-0.1, -0.05) is 66.7 Å². The zero-order valence-corrected chi connectivity index (χ0v) is 55.8. The number of benzene rings is 6. The molecule has 6 aliphatic heterocycles. The minimum Gasteiger partial charge on any atom is -0.406 e. The second kappa shape index (κ2) is 28.8. The van der Waals surface area contributed by atoms with Crippen LogP contribution in [0.15, 0.2) is 134 Å². The van der Waals surface area contributed by atoms with Crippen LogP contribution in [0.25, 0.3) is 44.1 Å². The van der Waals surface area contributed by atoms with Gasteiger partial charge in [0.25, 0.3) is 0 Å². The van der Waals surface area contributed by atoms with Crippen molar-refractivity contribution in [1.82, 2.24) is 60.6 Å². The number of aryl methyl sites for hydroxylation is 4. The maximum atomic E-state index is 14.9. The number of rotatable bonds is 23. The Labute approximate surface area is 574 Å². The number of hydrogen-bond acceptors (Lipinski definition) is 12. The lowest BCUT2D eigenvalue weighted by atomic mass is 9.96. The van der Waals surface area contributed by atoms with Gasteiger partial charge in [0.15, 0.2) is 0 Å². The summed E-state index contributed by atoms with van der Waals surface area (Å²) in [6.07, 6.45) is -7.20. The highest BCUT2D eigenvalue weighted by Gasteiger charge is 2.46. The lowest BCUT2D eigenvalue weighted by Crippen LogP contribution is -2.57. The van der Waals surface area contributed by atoms with E-state index in [-0.39, 0.29) is 53.5 Å². The van der Waals surface area contributed by atoms with Gasteiger partial charge in [-0.2, -0.15) is 13.2 Å². The van der Waals surface area contributed by atoms with Crippen LogP contribution in [0.4, 0.5) is 39.5 Å². The molecule has 2 aromatic heterocycles. The molecule has 0 aliphatic carbocycles. The number of halogens is 9. The standard InChI is InChI=1S/C75H83F9N12O4/c1-46-6-3-7-47(2)62(46)43-96-42-55-32-57(96)40-94(55)37-49-9-21-70-61(29-49)64(51-12-17-59(18-13-51)100-75(82,83)84)45-92(70)27-5-23-89-72(98)68-35-86-33-66(90-68)52-14-19-65(73(76,77)78)53(30-52)38-95-41-54-31-56(95)39-93(54)36-48-8-20-69-60(28-48)63(50-10-15-58(16-11-50)99-74(79,80)81)44-91(69)26-4-22-88-71(97)67-34-85-24-25-87-67/h3,6-21,28-30,44-45,54-57,66-68,85-87,90H,4-5,22-27,31-43H2,1-2H3,(H,88,97)(H,89,98). The van der Waals surface area contributed by atoms with Gasteiger partial charge in [0.1, 0.15) is 11.5 Å². The van der Waals surface area contributed by atoms with Crippen LogP contribution in [0.5, 0.6) is 11.5 Å². The molecule has 16 nitrogen and oxygen atoms in total. The fourth-order valence-corrected chi connectivity index (χ4v) is 16.2. The Morgan fingerprint density at radius 1 is 0.530 bits per heavy atom. The molecule has 6 fully saturated rings. The van der Waals surface area contributed by atoms with Gasteiger partial charge in [0.05, 0.1) is 17.6 Å². The Kier molecular flexibility index (Phi) is 19.9. The van der Waals surface area contributed by atoms with Crippen LogP contribution in [0.1, 0.15) is 76.2 Å². The number of amides is 2. The minimum atomic E-state index is -4.84. The van der Waals surface area contributed by atoms with Crippen LogP contribution in [0, 0.1) is 13.8 Å². The number of aromatic nitrogens is 2. The SMILES string of the molecule is Cc1cccc(C)c1CN1CC2CC1CN2Cc1ccc2c(c1)c(-c1ccc(OC(F)(F)F)cc1)cn2CCCNC(=O)C1CNCC(c2ccc(C(F)(F)F)c(CN3CC4CC3CN4Cc3ccc4c(c3)c(-c3ccc(OC(F)(F)F)cc3)cn4CCCNC(=O)C3CNCCN3)c2)N1. The quantitative estimate of drug-likeness (QED) is 0.0268. The third-order valence-corrected chi connectivity index (χ3v) is 21.1. The number of piperazine rings is 4. The Hall–Kier alpha value is -8.01. The highest BCUT2D eigenvalue weighted by atomic mass is 19.4. The number of nitrogens with zero attached hydrogens (tertiary/aromatic N) is 6. The molecule has 2 amide bonds. The summed E-state index contributed by atoms with van der Waals surface area (Å²) in [7, 11) is 0. The summed E-state index contributed by atoms with van der Waals surface area (Å²) in [5.41, 5.74) is 11.3. The maximum absolute atomic E-state index is 14.9. The molecule has 7 unspecified atom stereocenters. The second-order valence-electron chi connectivity index (χ2n) is 27.8. The third-order valence-electron chi connectivity index (χ3n) is 21.1. The van der Waals surface area contributed by atoms with Crippen LogP contribution in [-0.4, -0.2) is 162 Å². The van der Waals surface area contributed by atoms with Crippen molar-refractivity contribution in [2.75, 3.05) is 72.0 Å². The normalized spacial score (nSPS) is 22.4. The number of carbonyl (C=O) groups is 2. The van der Waals surface area contributed by atoms with Gasteiger partial charge in [-0.15, -0.1) is 26.3 Å². The van der Waals surface area contributed by atoms with E-state index >= 15 is 0 Å². The average Bonchev–Trinajstić information content (AvgIpc) is 1.61. The first kappa shape index (κ1) is 69.1. The third kappa shape index (κ3) is 15.7. The lowest BCUT2D eigenvalue weighted by Gasteiger charge is -2.35. The summed E-state index contributed by atoms with van der Waals surface area (Å²) in [6.45, 7) is 14.5. The predicted octanol–water partition coefficient (Wildman–Crippen LogP) is 11.2. The van der Waals surface area contributed by atoms with Crippen molar-refractivity contribution in [3.05, 3.63) is 178 Å². The van der Waals surface area contributed by atoms with Crippen molar-refractivity contribution in [3.63, 3.8) is 0 Å². The Balaban J connectivity index is 0.599. The second-order valence-corrected chi connectivity index (χ2v) is 27.8. The molecule has 4 bridgehead atoms. The molecule has 8 aromatic rings. The molecule has 100 heavy (non-hydrogen) atoms. The number of nitrogens with one attached hydrogen (secondary N) is 6. The van der Waals surface area contributed by atoms with Crippen LogP contribution in [-0.2, 0) is 55.0 Å². The van der Waals surface area contributed by atoms with Crippen molar-refractivity contribution in [2.45, 2.75) is 140 Å². The van der Waals surface area contributed by atoms with E-state index in [0.717, 1.165) is 101 Å². The van der Waals surface area contributed by atoms with Gasteiger partial charge in [0, 0.05) is 187 Å². The van der Waals surface area contributed by atoms with E-state index in [2.05, 4.69) is 132 Å². The van der Waals surface area contributed by atoms with Crippen molar-refractivity contribution >= 4 is 33.6 Å². The molecular weight excluding hydrogens is 1300 g/mol. The smallest absolute Gasteiger partial charge is 0.406 e. The molecule has 6 saturated heterocycles. The molecule has 25 heteroatoms. The molecule has 0 saturated carbocycles. The maximum Gasteiger partial charge on any atom is 0.573 e. The van der Waals surface area contributed by atoms with E-state index in [4.69, 9.17) is 0 Å². The number of carbonyl (C=O) groups excluding carboxylic acids is 2. The summed E-state index contributed by atoms with van der Waals surface area (Å²) in [4.78, 5) is 36.4. The number of fused-ring (bicyclic) bond motifs is 6. The number of ether oxygens (including phenoxy) is 2. The first-order chi connectivity index (χ1) is 48.0. The van der Waals surface area contributed by atoms with Crippen LogP contribution < -0.4 is 41.4 Å². The van der Waals surface area contributed by atoms with E-state index < -0.39 is 36.5 Å². The lowest BCUT2D eigenvalue weighted by molar-refractivity contribution is -0.275. The Morgan fingerprint density at radius 2 is 1.02 bits per heavy atom. The monoisotopic (exact) mass is 1390 g/mol. The van der Waals surface area contributed by atoms with E-state index in [0.29, 0.717) is 108 Å². The van der Waals surface area contributed by atoms with E-state index in [9.17, 15) is 49.1 Å². The Bertz CT molecular complexity index is 4230. The summed E-state index contributed by atoms with van der Waals surface area (Å²) >= 11 is 0. The molecule has 530 valence electrons. The zero-order valence-electron chi connectivity index (χ0n) is 55.8. The molecule has 6 aromatic carbocycles. The first-order valence-corrected chi connectivity index (χ1v) is 34.6. The molecule has 8 heterocycles. The summed E-state index contributed by atoms with van der Waals surface area (Å²) < 4.78 is 136. The van der Waals surface area contributed by atoms with Crippen molar-refractivity contribution in [1.29, 1.82) is 0 Å². The fourth-order valence-electron chi connectivity index (χ4n) is 16.2. The topological polar surface area (TPSA) is 148 Å². The number of hydrogen-bond donors (Lipinski definition) is 6. The fraction of sp³-hybridized carbons (Fsp3) is 0.440. The highest BCUT2D eigenvalue weighted by molar-refractivity contribution is 5.98. The van der Waals surface area contributed by atoms with Gasteiger partial charge in [-0.3, -0.25) is 34.5 Å². The Morgan fingerprint density at radius 3 is 1.50 bits per heavy atom. The van der Waals surface area contributed by atoms with Gasteiger partial charge in [0.2, 0.25) is 11.8 Å². The number of likely N-dealkylation sites (tertiary alicyclic amines) is 4. The van der Waals surface area contributed by atoms with Crippen molar-refractivity contribution < 1.29 is 58.6 Å². The van der Waals surface area contributed by atoms with Crippen molar-refractivity contribution in [3.8, 4) is 33.8 Å². The first-order valence-electron chi connectivity index (χ1n) is 34.6. The van der Waals surface area contributed by atoms with E-state index in [1.54, 1.807) is 30.3 Å². The zero-order chi connectivity index (χ0) is 69.6. The molecule has 6 aliphatic rings. The summed E-state index contributed by atoms with van der Waals surface area (Å²) in [5.74, 6) is -0.963. The van der Waals surface area contributed by atoms with Crippen LogP contribution in [0.3, 0.4) is 0 Å². The van der Waals surface area contributed by atoms with E-state index in [1.807, 2.05) is 18.5 Å². The average molecular weight is 1390 g/mol. The van der Waals surface area contributed by atoms with Gasteiger partial charge in [-0.05, 0) is 144 Å². The van der Waals surface area contributed by atoms with Gasteiger partial charge in [-0.25, -0.2) is 0 Å². The highest BCUT2D eigenvalue weighted by Crippen LogP contribution is 2.42. The number of alkyl halides is 9. The molecule has 6 N–H and O–H groups in total. The molecular formula is C75H83F9N12O4. The molecule has 0 spiro atoms. The van der Waals surface area contributed by atoms with Crippen LogP contribution in [0.2, 0.25) is 0 Å². The largest absolute Gasteiger partial charge is 0.573 e. The van der Waals surface area contributed by atoms with Gasteiger partial charge >= 0.3 is 18.9 Å². The van der Waals surface area contributed by atoms with Crippen LogP contribution >= 0.6 is 0 Å². The van der Waals surface area contributed by atoms with Crippen molar-refractivity contribution in [2.24, 2.45) is 0 Å². The molecule has 14 rings (SSSR count). The summed E-state index contributed by atoms with van der Waals surface area (Å²) in [5, 5.41) is 21.2. The van der Waals surface area contributed by atoms with Gasteiger partial charge < -0.3 is 45.2 Å². The molecule has 0 radical (unpaired) electrons. The molecule has 7 atom stereocenters. The minimum absolute atomic E-state index is 0.00168.